The van der Waals surface area contributed by atoms with E-state index in [4.69, 9.17) is 5.26 Å². The van der Waals surface area contributed by atoms with Gasteiger partial charge in [0.15, 0.2) is 0 Å². The third-order valence-electron chi connectivity index (χ3n) is 2.47. The van der Waals surface area contributed by atoms with Gasteiger partial charge in [-0.3, -0.25) is 0 Å². The number of esters is 1. The molecule has 1 aromatic carbocycles. The van der Waals surface area contributed by atoms with Crippen molar-refractivity contribution in [1.29, 1.82) is 5.26 Å². The van der Waals surface area contributed by atoms with E-state index in [-0.39, 0.29) is 6.61 Å². The number of hydrogen-bond donors (Lipinski definition) is 1. The molecule has 0 unspecified atom stereocenters. The number of nitrogens with zero attached hydrogens (tertiary/aromatic N) is 1. The molecule has 0 aliphatic carbocycles. The van der Waals surface area contributed by atoms with Crippen LogP contribution in [0.15, 0.2) is 12.1 Å². The van der Waals surface area contributed by atoms with E-state index in [2.05, 4.69) is 4.74 Å². The number of carbonyl (C=O) groups is 1. The van der Waals surface area contributed by atoms with Crippen LogP contribution in [0.3, 0.4) is 0 Å². The molecule has 0 aliphatic heterocycles. The van der Waals surface area contributed by atoms with Crippen LogP contribution in [0.4, 0.5) is 0 Å². The summed E-state index contributed by atoms with van der Waals surface area (Å²) in [6.45, 7) is 1.61. The Morgan fingerprint density at radius 2 is 2.19 bits per heavy atom. The van der Waals surface area contributed by atoms with Crippen molar-refractivity contribution in [3.05, 3.63) is 34.4 Å². The standard InChI is InChI=1S/C12H13NO3/c1-3-9-10(12(15)16-2)5-4-8(6-13)11(9)7-14/h4-5,14H,3,7H2,1-2H3. The molecular weight excluding hydrogens is 206 g/mol. The van der Waals surface area contributed by atoms with Gasteiger partial charge in [0, 0.05) is 0 Å². The highest BCUT2D eigenvalue weighted by Crippen LogP contribution is 2.20. The smallest absolute Gasteiger partial charge is 0.338 e. The van der Waals surface area contributed by atoms with Crippen LogP contribution >= 0.6 is 0 Å². The van der Waals surface area contributed by atoms with E-state index < -0.39 is 5.97 Å². The maximum absolute atomic E-state index is 11.5. The van der Waals surface area contributed by atoms with Crippen molar-refractivity contribution in [3.63, 3.8) is 0 Å². The van der Waals surface area contributed by atoms with Gasteiger partial charge in [0.05, 0.1) is 30.9 Å². The van der Waals surface area contributed by atoms with Gasteiger partial charge in [0.1, 0.15) is 0 Å². The highest BCUT2D eigenvalue weighted by molar-refractivity contribution is 5.91. The summed E-state index contributed by atoms with van der Waals surface area (Å²) in [4.78, 5) is 11.5. The van der Waals surface area contributed by atoms with E-state index in [1.54, 1.807) is 6.07 Å². The number of nitriles is 1. The zero-order chi connectivity index (χ0) is 12.1. The van der Waals surface area contributed by atoms with Gasteiger partial charge in [-0.2, -0.15) is 5.26 Å². The zero-order valence-electron chi connectivity index (χ0n) is 9.28. The minimum absolute atomic E-state index is 0.253. The number of rotatable bonds is 3. The fourth-order valence-corrected chi connectivity index (χ4v) is 1.68. The second-order valence-corrected chi connectivity index (χ2v) is 3.23. The van der Waals surface area contributed by atoms with Gasteiger partial charge in [-0.1, -0.05) is 6.92 Å². The minimum atomic E-state index is -0.448. The van der Waals surface area contributed by atoms with Crippen LogP contribution < -0.4 is 0 Å². The lowest BCUT2D eigenvalue weighted by Crippen LogP contribution is -2.09. The van der Waals surface area contributed by atoms with Gasteiger partial charge in [0.25, 0.3) is 0 Å². The fraction of sp³-hybridized carbons (Fsp3) is 0.333. The number of methoxy groups -OCH3 is 1. The van der Waals surface area contributed by atoms with Crippen LogP contribution in [0.25, 0.3) is 0 Å². The number of ether oxygens (including phenoxy) is 1. The van der Waals surface area contributed by atoms with E-state index in [0.717, 1.165) is 0 Å². The van der Waals surface area contributed by atoms with E-state index >= 15 is 0 Å². The van der Waals surface area contributed by atoms with E-state index in [9.17, 15) is 9.90 Å². The van der Waals surface area contributed by atoms with E-state index in [1.165, 1.54) is 13.2 Å². The van der Waals surface area contributed by atoms with Crippen LogP contribution in [0, 0.1) is 11.3 Å². The average Bonchev–Trinajstić information content (AvgIpc) is 2.35. The number of hydrogen-bond acceptors (Lipinski definition) is 4. The molecule has 0 aromatic heterocycles. The van der Waals surface area contributed by atoms with Crippen molar-refractivity contribution in [2.45, 2.75) is 20.0 Å². The molecule has 1 N–H and O–H groups in total. The first-order chi connectivity index (χ1) is 7.69. The molecule has 0 heterocycles. The molecule has 4 heteroatoms. The Labute approximate surface area is 94.1 Å². The molecule has 0 spiro atoms. The lowest BCUT2D eigenvalue weighted by atomic mass is 9.95. The first-order valence-electron chi connectivity index (χ1n) is 4.93. The molecule has 0 radical (unpaired) electrons. The number of aliphatic hydroxyl groups is 1. The largest absolute Gasteiger partial charge is 0.465 e. The SMILES string of the molecule is CCc1c(C(=O)OC)ccc(C#N)c1CO. The van der Waals surface area contributed by atoms with Crippen molar-refractivity contribution in [2.75, 3.05) is 7.11 Å². The van der Waals surface area contributed by atoms with Crippen LogP contribution in [0.5, 0.6) is 0 Å². The van der Waals surface area contributed by atoms with Gasteiger partial charge >= 0.3 is 5.97 Å². The summed E-state index contributed by atoms with van der Waals surface area (Å²) in [6.07, 6.45) is 0.565. The molecule has 0 fully saturated rings. The predicted molar refractivity (Wildman–Crippen MR) is 57.8 cm³/mol. The van der Waals surface area contributed by atoms with Crippen molar-refractivity contribution < 1.29 is 14.6 Å². The summed E-state index contributed by atoms with van der Waals surface area (Å²) < 4.78 is 4.65. The predicted octanol–water partition coefficient (Wildman–Crippen LogP) is 1.40. The number of benzene rings is 1. The second-order valence-electron chi connectivity index (χ2n) is 3.23. The quantitative estimate of drug-likeness (QED) is 0.780. The summed E-state index contributed by atoms with van der Waals surface area (Å²) in [5.74, 6) is -0.448. The first-order valence-corrected chi connectivity index (χ1v) is 4.93. The Kier molecular flexibility index (Phi) is 4.03. The van der Waals surface area contributed by atoms with Gasteiger partial charge < -0.3 is 9.84 Å². The average molecular weight is 219 g/mol. The highest BCUT2D eigenvalue weighted by atomic mass is 16.5. The normalized spacial score (nSPS) is 9.62. The summed E-state index contributed by atoms with van der Waals surface area (Å²) in [5.41, 5.74) is 1.99. The summed E-state index contributed by atoms with van der Waals surface area (Å²) >= 11 is 0. The van der Waals surface area contributed by atoms with Crippen molar-refractivity contribution in [3.8, 4) is 6.07 Å². The summed E-state index contributed by atoms with van der Waals surface area (Å²) in [6, 6.07) is 5.08. The number of aliphatic hydroxyl groups excluding tert-OH is 1. The van der Waals surface area contributed by atoms with Crippen LogP contribution in [-0.4, -0.2) is 18.2 Å². The van der Waals surface area contributed by atoms with Gasteiger partial charge in [-0.15, -0.1) is 0 Å². The number of carbonyl (C=O) groups excluding carboxylic acids is 1. The van der Waals surface area contributed by atoms with Crippen molar-refractivity contribution in [2.24, 2.45) is 0 Å². The molecule has 16 heavy (non-hydrogen) atoms. The van der Waals surface area contributed by atoms with Gasteiger partial charge in [-0.25, -0.2) is 4.79 Å². The Bertz CT molecular complexity index is 446. The van der Waals surface area contributed by atoms with Gasteiger partial charge in [0.2, 0.25) is 0 Å². The zero-order valence-corrected chi connectivity index (χ0v) is 9.28. The van der Waals surface area contributed by atoms with Gasteiger partial charge in [-0.05, 0) is 29.7 Å². The Balaban J connectivity index is 3.44. The maximum atomic E-state index is 11.5. The lowest BCUT2D eigenvalue weighted by molar-refractivity contribution is 0.0599. The van der Waals surface area contributed by atoms with Crippen LogP contribution in [0.2, 0.25) is 0 Å². The topological polar surface area (TPSA) is 70.3 Å². The molecular formula is C12H13NO3. The summed E-state index contributed by atoms with van der Waals surface area (Å²) in [5, 5.41) is 18.1. The maximum Gasteiger partial charge on any atom is 0.338 e. The molecule has 0 atom stereocenters. The molecule has 0 amide bonds. The third-order valence-corrected chi connectivity index (χ3v) is 2.47. The van der Waals surface area contributed by atoms with Crippen molar-refractivity contribution in [1.82, 2.24) is 0 Å². The molecule has 0 aliphatic rings. The summed E-state index contributed by atoms with van der Waals surface area (Å²) in [7, 11) is 1.30. The molecule has 4 nitrogen and oxygen atoms in total. The van der Waals surface area contributed by atoms with Crippen molar-refractivity contribution >= 4 is 5.97 Å². The van der Waals surface area contributed by atoms with E-state index in [0.29, 0.717) is 28.7 Å². The molecule has 0 bridgehead atoms. The van der Waals surface area contributed by atoms with E-state index in [1.807, 2.05) is 13.0 Å². The Morgan fingerprint density at radius 1 is 1.50 bits per heavy atom. The second kappa shape index (κ2) is 5.29. The Morgan fingerprint density at radius 3 is 2.62 bits per heavy atom. The minimum Gasteiger partial charge on any atom is -0.465 e. The van der Waals surface area contributed by atoms with Crippen LogP contribution in [-0.2, 0) is 17.8 Å². The monoisotopic (exact) mass is 219 g/mol. The molecule has 1 rings (SSSR count). The molecule has 0 saturated carbocycles. The third kappa shape index (κ3) is 2.05. The Hall–Kier alpha value is -1.86. The fourth-order valence-electron chi connectivity index (χ4n) is 1.68. The molecule has 0 saturated heterocycles. The lowest BCUT2D eigenvalue weighted by Gasteiger charge is -2.11. The highest BCUT2D eigenvalue weighted by Gasteiger charge is 2.16. The van der Waals surface area contributed by atoms with Crippen LogP contribution in [0.1, 0.15) is 34.0 Å². The molecule has 84 valence electrons. The first kappa shape index (κ1) is 12.2. The molecule has 1 aromatic rings.